The van der Waals surface area contributed by atoms with Gasteiger partial charge in [-0.15, -0.1) is 0 Å². The molecule has 3 nitrogen and oxygen atoms in total. The number of carboxylic acid groups (broad SMARTS) is 1. The topological polar surface area (TPSA) is 57.5 Å². The largest absolute Gasteiger partial charge is 0.481 e. The Labute approximate surface area is 109 Å². The van der Waals surface area contributed by atoms with Crippen LogP contribution in [0.2, 0.25) is 0 Å². The van der Waals surface area contributed by atoms with Crippen molar-refractivity contribution in [1.82, 2.24) is 0 Å². The summed E-state index contributed by atoms with van der Waals surface area (Å²) in [5, 5.41) is 20.1. The van der Waals surface area contributed by atoms with Gasteiger partial charge >= 0.3 is 5.97 Å². The van der Waals surface area contributed by atoms with Crippen LogP contribution in [0.25, 0.3) is 0 Å². The van der Waals surface area contributed by atoms with Crippen molar-refractivity contribution in [3.8, 4) is 0 Å². The van der Waals surface area contributed by atoms with Gasteiger partial charge in [0.15, 0.2) is 0 Å². The van der Waals surface area contributed by atoms with Gasteiger partial charge in [-0.3, -0.25) is 4.79 Å². The standard InChI is InChI=1S/C15H24O3/c1-13(2)10-5-4-9(12(16)17)15(10)7-6-14(3,18)11(13)8-15/h9-11,18H,4-8H2,1-3H3,(H,16,17)/t9-,10-,11-,14-,15+/m1/s1. The fraction of sp³-hybridized carbons (Fsp3) is 0.933. The van der Waals surface area contributed by atoms with Gasteiger partial charge in [0.2, 0.25) is 0 Å². The maximum atomic E-state index is 11.5. The third-order valence-corrected chi connectivity index (χ3v) is 6.66. The Hall–Kier alpha value is -0.570. The zero-order chi connectivity index (χ0) is 13.3. The molecule has 102 valence electrons. The highest BCUT2D eigenvalue weighted by Gasteiger charge is 2.69. The van der Waals surface area contributed by atoms with E-state index < -0.39 is 11.6 Å². The number of carboxylic acids is 1. The maximum absolute atomic E-state index is 11.5. The van der Waals surface area contributed by atoms with Crippen molar-refractivity contribution in [2.75, 3.05) is 0 Å². The zero-order valence-electron chi connectivity index (χ0n) is 11.6. The number of rotatable bonds is 1. The smallest absolute Gasteiger partial charge is 0.307 e. The summed E-state index contributed by atoms with van der Waals surface area (Å²) in [4.78, 5) is 11.5. The van der Waals surface area contributed by atoms with Crippen LogP contribution in [0.5, 0.6) is 0 Å². The van der Waals surface area contributed by atoms with Gasteiger partial charge in [0, 0.05) is 0 Å². The van der Waals surface area contributed by atoms with Crippen molar-refractivity contribution >= 4 is 5.97 Å². The molecule has 0 heterocycles. The minimum absolute atomic E-state index is 0.0256. The fourth-order valence-electron chi connectivity index (χ4n) is 5.94. The molecule has 1 spiro atoms. The lowest BCUT2D eigenvalue weighted by atomic mass is 9.64. The number of hydrogen-bond donors (Lipinski definition) is 2. The van der Waals surface area contributed by atoms with E-state index in [1.807, 2.05) is 6.92 Å². The van der Waals surface area contributed by atoms with Crippen molar-refractivity contribution in [3.63, 3.8) is 0 Å². The second-order valence-electron chi connectivity index (χ2n) is 7.69. The van der Waals surface area contributed by atoms with Gasteiger partial charge < -0.3 is 10.2 Å². The monoisotopic (exact) mass is 252 g/mol. The number of aliphatic hydroxyl groups is 1. The molecular weight excluding hydrogens is 228 g/mol. The van der Waals surface area contributed by atoms with Crippen LogP contribution < -0.4 is 0 Å². The van der Waals surface area contributed by atoms with E-state index in [1.54, 1.807) is 0 Å². The number of hydrogen-bond acceptors (Lipinski definition) is 2. The van der Waals surface area contributed by atoms with E-state index in [0.717, 1.165) is 32.1 Å². The van der Waals surface area contributed by atoms with Crippen molar-refractivity contribution in [3.05, 3.63) is 0 Å². The Morgan fingerprint density at radius 2 is 1.78 bits per heavy atom. The molecule has 0 radical (unpaired) electrons. The average Bonchev–Trinajstić information content (AvgIpc) is 2.69. The van der Waals surface area contributed by atoms with Gasteiger partial charge in [-0.25, -0.2) is 0 Å². The van der Waals surface area contributed by atoms with Crippen LogP contribution in [0, 0.1) is 28.6 Å². The van der Waals surface area contributed by atoms with E-state index in [9.17, 15) is 15.0 Å². The van der Waals surface area contributed by atoms with E-state index in [2.05, 4.69) is 13.8 Å². The summed E-state index contributed by atoms with van der Waals surface area (Å²) in [6, 6.07) is 0. The molecule has 0 amide bonds. The van der Waals surface area contributed by atoms with Crippen molar-refractivity contribution in [1.29, 1.82) is 0 Å². The molecule has 2 bridgehead atoms. The van der Waals surface area contributed by atoms with Crippen molar-refractivity contribution < 1.29 is 15.0 Å². The Kier molecular flexibility index (Phi) is 2.28. The first-order valence-corrected chi connectivity index (χ1v) is 7.17. The Morgan fingerprint density at radius 3 is 2.39 bits per heavy atom. The third kappa shape index (κ3) is 1.26. The first-order chi connectivity index (χ1) is 8.22. The maximum Gasteiger partial charge on any atom is 0.307 e. The van der Waals surface area contributed by atoms with Crippen molar-refractivity contribution in [2.45, 2.75) is 58.5 Å². The van der Waals surface area contributed by atoms with Gasteiger partial charge in [-0.05, 0) is 61.7 Å². The van der Waals surface area contributed by atoms with Crippen LogP contribution in [0.3, 0.4) is 0 Å². The second-order valence-corrected chi connectivity index (χ2v) is 7.69. The summed E-state index contributed by atoms with van der Waals surface area (Å²) >= 11 is 0. The summed E-state index contributed by atoms with van der Waals surface area (Å²) in [5.41, 5.74) is -0.561. The Bertz CT molecular complexity index is 399. The van der Waals surface area contributed by atoms with E-state index in [1.165, 1.54) is 0 Å². The van der Waals surface area contributed by atoms with E-state index in [0.29, 0.717) is 5.92 Å². The van der Waals surface area contributed by atoms with Gasteiger partial charge in [0.05, 0.1) is 11.5 Å². The normalized spacial score (nSPS) is 53.2. The van der Waals surface area contributed by atoms with Crippen LogP contribution in [-0.2, 0) is 4.79 Å². The van der Waals surface area contributed by atoms with E-state index in [-0.39, 0.29) is 22.7 Å². The Morgan fingerprint density at radius 1 is 1.11 bits per heavy atom. The molecule has 0 unspecified atom stereocenters. The molecule has 2 N–H and O–H groups in total. The Balaban J connectivity index is 2.06. The molecule has 3 aliphatic rings. The first kappa shape index (κ1) is 12.5. The zero-order valence-corrected chi connectivity index (χ0v) is 11.6. The fourth-order valence-corrected chi connectivity index (χ4v) is 5.94. The van der Waals surface area contributed by atoms with Crippen LogP contribution in [0.4, 0.5) is 0 Å². The lowest BCUT2D eigenvalue weighted by molar-refractivity contribution is -0.148. The minimum Gasteiger partial charge on any atom is -0.481 e. The third-order valence-electron chi connectivity index (χ3n) is 6.66. The highest BCUT2D eigenvalue weighted by atomic mass is 16.4. The summed E-state index contributed by atoms with van der Waals surface area (Å²) in [7, 11) is 0. The lowest BCUT2D eigenvalue weighted by Crippen LogP contribution is -2.45. The summed E-state index contributed by atoms with van der Waals surface area (Å²) in [6.07, 6.45) is 4.42. The van der Waals surface area contributed by atoms with Gasteiger partial charge in [-0.1, -0.05) is 13.8 Å². The van der Waals surface area contributed by atoms with Crippen LogP contribution >= 0.6 is 0 Å². The van der Waals surface area contributed by atoms with Crippen molar-refractivity contribution in [2.24, 2.45) is 28.6 Å². The molecule has 0 aromatic rings. The van der Waals surface area contributed by atoms with E-state index in [4.69, 9.17) is 0 Å². The molecule has 0 aromatic heterocycles. The molecule has 18 heavy (non-hydrogen) atoms. The number of carbonyl (C=O) groups is 1. The molecular formula is C15H24O3. The molecule has 0 aliphatic heterocycles. The summed E-state index contributed by atoms with van der Waals surface area (Å²) in [5.74, 6) is -0.0608. The van der Waals surface area contributed by atoms with Gasteiger partial charge in [-0.2, -0.15) is 0 Å². The highest BCUT2D eigenvalue weighted by molar-refractivity contribution is 5.72. The second kappa shape index (κ2) is 3.30. The predicted molar refractivity (Wildman–Crippen MR) is 68.0 cm³/mol. The predicted octanol–water partition coefficient (Wildman–Crippen LogP) is 2.67. The molecule has 0 aromatic carbocycles. The summed E-state index contributed by atoms with van der Waals surface area (Å²) in [6.45, 7) is 6.44. The van der Waals surface area contributed by atoms with Crippen LogP contribution in [-0.4, -0.2) is 21.8 Å². The van der Waals surface area contributed by atoms with Crippen LogP contribution in [0.1, 0.15) is 52.9 Å². The molecule has 3 fully saturated rings. The molecule has 3 saturated carbocycles. The SMILES string of the molecule is CC1(C)[C@H]2CC[C@H](C(=O)O)[C@@]23CC[C@@](C)(O)[C@@H]1C3. The molecule has 0 saturated heterocycles. The quantitative estimate of drug-likeness (QED) is 0.754. The average molecular weight is 252 g/mol. The minimum atomic E-state index is -0.615. The highest BCUT2D eigenvalue weighted by Crippen LogP contribution is 2.73. The summed E-state index contributed by atoms with van der Waals surface area (Å²) < 4.78 is 0. The molecule has 3 rings (SSSR count). The molecule has 5 atom stereocenters. The lowest BCUT2D eigenvalue weighted by Gasteiger charge is -2.44. The van der Waals surface area contributed by atoms with Gasteiger partial charge in [0.1, 0.15) is 0 Å². The van der Waals surface area contributed by atoms with Gasteiger partial charge in [0.25, 0.3) is 0 Å². The number of fused-ring (bicyclic) bond motifs is 1. The first-order valence-electron chi connectivity index (χ1n) is 7.17. The van der Waals surface area contributed by atoms with Crippen LogP contribution in [0.15, 0.2) is 0 Å². The number of aliphatic carboxylic acids is 1. The molecule has 3 heteroatoms. The van der Waals surface area contributed by atoms with E-state index >= 15 is 0 Å². The molecule has 3 aliphatic carbocycles.